The van der Waals surface area contributed by atoms with E-state index in [0.717, 1.165) is 18.7 Å². The van der Waals surface area contributed by atoms with Crippen LogP contribution in [0.15, 0.2) is 36.4 Å². The summed E-state index contributed by atoms with van der Waals surface area (Å²) in [6, 6.07) is 11.5. The van der Waals surface area contributed by atoms with Crippen LogP contribution in [0.2, 0.25) is 0 Å². The lowest BCUT2D eigenvalue weighted by Gasteiger charge is -2.15. The Kier molecular flexibility index (Phi) is 6.26. The zero-order valence-electron chi connectivity index (χ0n) is 14.7. The normalized spacial score (nSPS) is 12.0. The molecule has 2 aromatic rings. The van der Waals surface area contributed by atoms with Gasteiger partial charge in [-0.3, -0.25) is 4.79 Å². The molecule has 0 aliphatic rings. The molecule has 2 rings (SSSR count). The molecule has 1 aromatic carbocycles. The van der Waals surface area contributed by atoms with E-state index in [1.54, 1.807) is 13.0 Å². The minimum atomic E-state index is -0.201. The maximum absolute atomic E-state index is 12.5. The zero-order chi connectivity index (χ0) is 17.5. The van der Waals surface area contributed by atoms with Gasteiger partial charge in [0.2, 0.25) is 0 Å². The number of rotatable bonds is 7. The molecule has 1 amide bonds. The number of carbonyl (C=O) groups is 1. The van der Waals surface area contributed by atoms with E-state index < -0.39 is 0 Å². The largest absolute Gasteiger partial charge is 0.369 e. The molecule has 0 saturated carbocycles. The van der Waals surface area contributed by atoms with Gasteiger partial charge in [-0.25, -0.2) is 9.97 Å². The lowest BCUT2D eigenvalue weighted by atomic mass is 10.1. The predicted molar refractivity (Wildman–Crippen MR) is 96.1 cm³/mol. The maximum atomic E-state index is 12.5. The first-order valence-corrected chi connectivity index (χ1v) is 8.06. The van der Waals surface area contributed by atoms with Crippen LogP contribution < -0.4 is 10.6 Å². The number of nitrogens with zero attached hydrogens (tertiary/aromatic N) is 3. The smallest absolute Gasteiger partial charge is 0.270 e. The average Bonchev–Trinajstić information content (AvgIpc) is 2.54. The first-order chi connectivity index (χ1) is 11.5. The number of amides is 1. The molecule has 0 spiro atoms. The van der Waals surface area contributed by atoms with E-state index in [0.29, 0.717) is 17.3 Å². The molecule has 6 heteroatoms. The Balaban J connectivity index is 2.04. The molecular weight excluding hydrogens is 302 g/mol. The minimum absolute atomic E-state index is 0.0841. The summed E-state index contributed by atoms with van der Waals surface area (Å²) in [7, 11) is 4.02. The fourth-order valence-electron chi connectivity index (χ4n) is 2.28. The number of likely N-dealkylation sites (N-methyl/N-ethyl adjacent to an activating group) is 1. The van der Waals surface area contributed by atoms with E-state index in [1.807, 2.05) is 51.4 Å². The summed E-state index contributed by atoms with van der Waals surface area (Å²) in [6.07, 6.45) is 0. The van der Waals surface area contributed by atoms with Crippen molar-refractivity contribution in [2.75, 3.05) is 32.5 Å². The van der Waals surface area contributed by atoms with Crippen LogP contribution in [0.4, 0.5) is 5.82 Å². The highest BCUT2D eigenvalue weighted by molar-refractivity contribution is 5.93. The van der Waals surface area contributed by atoms with Crippen LogP contribution in [-0.4, -0.2) is 48.0 Å². The van der Waals surface area contributed by atoms with Crippen molar-refractivity contribution in [3.8, 4) is 0 Å². The second-order valence-electron chi connectivity index (χ2n) is 6.02. The van der Waals surface area contributed by atoms with Gasteiger partial charge < -0.3 is 15.5 Å². The Hall–Kier alpha value is -2.47. The van der Waals surface area contributed by atoms with Gasteiger partial charge in [-0.2, -0.15) is 0 Å². The second-order valence-corrected chi connectivity index (χ2v) is 6.02. The molecule has 24 heavy (non-hydrogen) atoms. The van der Waals surface area contributed by atoms with E-state index in [-0.39, 0.29) is 11.9 Å². The fourth-order valence-corrected chi connectivity index (χ4v) is 2.28. The first kappa shape index (κ1) is 17.9. The van der Waals surface area contributed by atoms with Crippen LogP contribution in [0.5, 0.6) is 0 Å². The van der Waals surface area contributed by atoms with Crippen molar-refractivity contribution >= 4 is 11.7 Å². The van der Waals surface area contributed by atoms with E-state index in [2.05, 4.69) is 25.5 Å². The van der Waals surface area contributed by atoms with Crippen molar-refractivity contribution < 1.29 is 4.79 Å². The van der Waals surface area contributed by atoms with Crippen molar-refractivity contribution in [1.29, 1.82) is 0 Å². The molecule has 1 aromatic heterocycles. The summed E-state index contributed by atoms with van der Waals surface area (Å²) in [5.41, 5.74) is 1.43. The quantitative estimate of drug-likeness (QED) is 0.816. The summed E-state index contributed by atoms with van der Waals surface area (Å²) >= 11 is 0. The van der Waals surface area contributed by atoms with Gasteiger partial charge in [0.15, 0.2) is 0 Å². The van der Waals surface area contributed by atoms with Gasteiger partial charge in [-0.1, -0.05) is 30.3 Å². The van der Waals surface area contributed by atoms with Gasteiger partial charge >= 0.3 is 0 Å². The Morgan fingerprint density at radius 1 is 1.21 bits per heavy atom. The molecular formula is C18H25N5O. The van der Waals surface area contributed by atoms with Crippen LogP contribution in [0.3, 0.4) is 0 Å². The Labute approximate surface area is 143 Å². The lowest BCUT2D eigenvalue weighted by molar-refractivity contribution is 0.0934. The van der Waals surface area contributed by atoms with Gasteiger partial charge in [0.05, 0.1) is 6.04 Å². The number of carbonyl (C=O) groups excluding carboxylic acids is 1. The number of nitrogens with one attached hydrogen (secondary N) is 2. The fraction of sp³-hybridized carbons (Fsp3) is 0.389. The molecule has 1 atom stereocenters. The molecule has 128 valence electrons. The van der Waals surface area contributed by atoms with Crippen LogP contribution in [0, 0.1) is 6.92 Å². The monoisotopic (exact) mass is 327 g/mol. The van der Waals surface area contributed by atoms with Crippen LogP contribution in [-0.2, 0) is 0 Å². The summed E-state index contributed by atoms with van der Waals surface area (Å²) in [4.78, 5) is 23.1. The number of aryl methyl sites for hydroxylation is 1. The van der Waals surface area contributed by atoms with E-state index in [9.17, 15) is 4.79 Å². The highest BCUT2D eigenvalue weighted by atomic mass is 16.1. The molecule has 0 aliphatic heterocycles. The Morgan fingerprint density at radius 3 is 2.58 bits per heavy atom. The summed E-state index contributed by atoms with van der Waals surface area (Å²) in [5.74, 6) is 1.04. The van der Waals surface area contributed by atoms with E-state index in [1.165, 1.54) is 0 Å². The van der Waals surface area contributed by atoms with E-state index in [4.69, 9.17) is 0 Å². The third-order valence-corrected chi connectivity index (χ3v) is 3.58. The van der Waals surface area contributed by atoms with Gasteiger partial charge in [0, 0.05) is 19.2 Å². The van der Waals surface area contributed by atoms with Crippen molar-refractivity contribution in [2.45, 2.75) is 19.9 Å². The molecule has 0 saturated heterocycles. The zero-order valence-corrected chi connectivity index (χ0v) is 14.7. The Bertz CT molecular complexity index is 672. The molecule has 0 aliphatic carbocycles. The molecule has 0 bridgehead atoms. The first-order valence-electron chi connectivity index (χ1n) is 8.06. The van der Waals surface area contributed by atoms with Crippen molar-refractivity contribution in [2.24, 2.45) is 0 Å². The third kappa shape index (κ3) is 5.31. The number of hydrogen-bond acceptors (Lipinski definition) is 5. The number of anilines is 1. The van der Waals surface area contributed by atoms with E-state index >= 15 is 0 Å². The minimum Gasteiger partial charge on any atom is -0.369 e. The molecule has 0 fully saturated rings. The van der Waals surface area contributed by atoms with Crippen molar-refractivity contribution in [1.82, 2.24) is 20.2 Å². The summed E-state index contributed by atoms with van der Waals surface area (Å²) in [6.45, 7) is 5.38. The number of benzene rings is 1. The van der Waals surface area contributed by atoms with Gasteiger partial charge in [0.25, 0.3) is 5.91 Å². The summed E-state index contributed by atoms with van der Waals surface area (Å²) < 4.78 is 0. The standard InChI is InChI=1S/C18H25N5O/c1-13(15-8-6-5-7-9-15)20-18(24)16-12-17(22-14(2)21-16)19-10-11-23(3)4/h5-9,12-13H,10-11H2,1-4H3,(H,20,24)(H,19,21,22). The highest BCUT2D eigenvalue weighted by Gasteiger charge is 2.14. The van der Waals surface area contributed by atoms with Crippen LogP contribution in [0.25, 0.3) is 0 Å². The number of hydrogen-bond donors (Lipinski definition) is 2. The predicted octanol–water partition coefficient (Wildman–Crippen LogP) is 2.25. The van der Waals surface area contributed by atoms with Gasteiger partial charge in [0.1, 0.15) is 17.3 Å². The topological polar surface area (TPSA) is 70.2 Å². The molecule has 1 unspecified atom stereocenters. The van der Waals surface area contributed by atoms with Crippen molar-refractivity contribution in [3.63, 3.8) is 0 Å². The van der Waals surface area contributed by atoms with Gasteiger partial charge in [-0.05, 0) is 33.5 Å². The Morgan fingerprint density at radius 2 is 1.92 bits per heavy atom. The second kappa shape index (κ2) is 8.40. The maximum Gasteiger partial charge on any atom is 0.270 e. The molecule has 0 radical (unpaired) electrons. The van der Waals surface area contributed by atoms with Crippen molar-refractivity contribution in [3.05, 3.63) is 53.5 Å². The summed E-state index contributed by atoms with van der Waals surface area (Å²) in [5, 5.41) is 6.20. The lowest BCUT2D eigenvalue weighted by Crippen LogP contribution is -2.28. The molecule has 1 heterocycles. The SMILES string of the molecule is Cc1nc(NCCN(C)C)cc(C(=O)NC(C)c2ccccc2)n1. The number of aromatic nitrogens is 2. The van der Waals surface area contributed by atoms with Crippen LogP contribution >= 0.6 is 0 Å². The van der Waals surface area contributed by atoms with Crippen LogP contribution in [0.1, 0.15) is 34.8 Å². The highest BCUT2D eigenvalue weighted by Crippen LogP contribution is 2.13. The molecule has 2 N–H and O–H groups in total. The van der Waals surface area contributed by atoms with Gasteiger partial charge in [-0.15, -0.1) is 0 Å². The third-order valence-electron chi connectivity index (χ3n) is 3.58. The molecule has 6 nitrogen and oxygen atoms in total. The average molecular weight is 327 g/mol.